The summed E-state index contributed by atoms with van der Waals surface area (Å²) in [5, 5.41) is 8.81. The first-order valence-electron chi connectivity index (χ1n) is 8.67. The Morgan fingerprint density at radius 3 is 2.63 bits per heavy atom. The van der Waals surface area contributed by atoms with Crippen LogP contribution < -0.4 is 5.73 Å². The topological polar surface area (TPSA) is 106 Å². The molecule has 7 heteroatoms. The maximum Gasteiger partial charge on any atom is 0.303 e. The Balaban J connectivity index is 2.47. The van der Waals surface area contributed by atoms with Crippen molar-refractivity contribution < 1.29 is 14.7 Å². The van der Waals surface area contributed by atoms with E-state index in [9.17, 15) is 9.59 Å². The maximum absolute atomic E-state index is 11.4. The molecule has 0 spiro atoms. The Kier molecular flexibility index (Phi) is 7.49. The molecule has 0 aliphatic carbocycles. The van der Waals surface area contributed by atoms with Crippen molar-refractivity contribution in [3.05, 3.63) is 53.4 Å². The Morgan fingerprint density at radius 2 is 2.00 bits per heavy atom. The molecule has 3 N–H and O–H groups in total. The van der Waals surface area contributed by atoms with E-state index in [1.165, 1.54) is 0 Å². The Labute approximate surface area is 162 Å². The molecule has 0 fully saturated rings. The molecule has 0 saturated carbocycles. The van der Waals surface area contributed by atoms with Crippen LogP contribution in [0, 0.1) is 0 Å². The van der Waals surface area contributed by atoms with Crippen molar-refractivity contribution in [2.24, 2.45) is 5.73 Å². The van der Waals surface area contributed by atoms with Gasteiger partial charge in [-0.1, -0.05) is 18.2 Å². The molecule has 2 aromatic rings. The van der Waals surface area contributed by atoms with E-state index in [1.807, 2.05) is 25.2 Å². The lowest BCUT2D eigenvalue weighted by atomic mass is 10.0. The second-order valence-electron chi connectivity index (χ2n) is 5.99. The van der Waals surface area contributed by atoms with Crippen molar-refractivity contribution in [3.8, 4) is 0 Å². The van der Waals surface area contributed by atoms with Gasteiger partial charge in [-0.3, -0.25) is 9.59 Å². The van der Waals surface area contributed by atoms with Crippen LogP contribution in [0.15, 0.2) is 36.4 Å². The number of halogens is 1. The summed E-state index contributed by atoms with van der Waals surface area (Å²) in [7, 11) is 0. The van der Waals surface area contributed by atoms with Crippen molar-refractivity contribution in [1.29, 1.82) is 0 Å². The standard InChI is InChI=1S/C20H22ClN3O3/c1-2-13(6-5-11-21)19-16(7-3-4-8-18(25)26)23-17-12-14(20(22)27)9-10-15(17)24-19/h2,5-6,9-10,12H,3-4,7-8,11H2,1H3,(H2,22,27)(H,25,26)/b6-5-,13-2+. The van der Waals surface area contributed by atoms with Gasteiger partial charge in [0.15, 0.2) is 0 Å². The van der Waals surface area contributed by atoms with Crippen LogP contribution in [0.4, 0.5) is 0 Å². The fourth-order valence-electron chi connectivity index (χ4n) is 2.70. The highest BCUT2D eigenvalue weighted by Gasteiger charge is 2.13. The number of allylic oxidation sites excluding steroid dienone is 4. The molecular formula is C20H22ClN3O3. The lowest BCUT2D eigenvalue weighted by molar-refractivity contribution is -0.137. The second kappa shape index (κ2) is 9.83. The molecule has 0 aliphatic heterocycles. The first kappa shape index (κ1) is 20.6. The van der Waals surface area contributed by atoms with Gasteiger partial charge < -0.3 is 10.8 Å². The van der Waals surface area contributed by atoms with Gasteiger partial charge in [-0.15, -0.1) is 11.6 Å². The number of hydrogen-bond acceptors (Lipinski definition) is 4. The first-order valence-corrected chi connectivity index (χ1v) is 9.21. The normalized spacial score (nSPS) is 12.0. The first-order chi connectivity index (χ1) is 13.0. The van der Waals surface area contributed by atoms with Gasteiger partial charge in [0.05, 0.1) is 22.4 Å². The minimum atomic E-state index is -0.815. The monoisotopic (exact) mass is 387 g/mol. The van der Waals surface area contributed by atoms with Gasteiger partial charge in [-0.2, -0.15) is 0 Å². The highest BCUT2D eigenvalue weighted by molar-refractivity contribution is 6.19. The molecule has 1 heterocycles. The number of primary amides is 1. The van der Waals surface area contributed by atoms with Gasteiger partial charge in [0.25, 0.3) is 0 Å². The third kappa shape index (κ3) is 5.62. The number of nitrogens with zero attached hydrogens (tertiary/aromatic N) is 2. The number of carboxylic acids is 1. The largest absolute Gasteiger partial charge is 0.481 e. The maximum atomic E-state index is 11.4. The molecule has 0 unspecified atom stereocenters. The lowest BCUT2D eigenvalue weighted by Crippen LogP contribution is -2.11. The number of carbonyl (C=O) groups is 2. The number of benzene rings is 1. The highest BCUT2D eigenvalue weighted by Crippen LogP contribution is 2.23. The van der Waals surface area contributed by atoms with Crippen molar-refractivity contribution in [1.82, 2.24) is 9.97 Å². The highest BCUT2D eigenvalue weighted by atomic mass is 35.5. The Bertz CT molecular complexity index is 907. The summed E-state index contributed by atoms with van der Waals surface area (Å²) in [5.74, 6) is -0.955. The molecule has 1 aromatic heterocycles. The molecule has 6 nitrogen and oxygen atoms in total. The number of carboxylic acid groups (broad SMARTS) is 1. The van der Waals surface area contributed by atoms with E-state index >= 15 is 0 Å². The van der Waals surface area contributed by atoms with E-state index < -0.39 is 11.9 Å². The van der Waals surface area contributed by atoms with Crippen molar-refractivity contribution in [3.63, 3.8) is 0 Å². The van der Waals surface area contributed by atoms with E-state index in [1.54, 1.807) is 18.2 Å². The lowest BCUT2D eigenvalue weighted by Gasteiger charge is -2.11. The van der Waals surface area contributed by atoms with Gasteiger partial charge in [-0.25, -0.2) is 9.97 Å². The van der Waals surface area contributed by atoms with Gasteiger partial charge in [0, 0.05) is 17.9 Å². The van der Waals surface area contributed by atoms with Crippen LogP contribution in [0.2, 0.25) is 0 Å². The summed E-state index contributed by atoms with van der Waals surface area (Å²) in [6.45, 7) is 1.91. The molecule has 0 radical (unpaired) electrons. The molecular weight excluding hydrogens is 366 g/mol. The molecule has 0 saturated heterocycles. The summed E-state index contributed by atoms with van der Waals surface area (Å²) < 4.78 is 0. The Morgan fingerprint density at radius 1 is 1.22 bits per heavy atom. The van der Waals surface area contributed by atoms with Crippen molar-refractivity contribution >= 4 is 40.1 Å². The van der Waals surface area contributed by atoms with Gasteiger partial charge in [0.2, 0.25) is 5.91 Å². The summed E-state index contributed by atoms with van der Waals surface area (Å²) in [5.41, 5.74) is 9.33. The predicted octanol–water partition coefficient (Wildman–Crippen LogP) is 3.72. The minimum Gasteiger partial charge on any atom is -0.481 e. The summed E-state index contributed by atoms with van der Waals surface area (Å²) in [6.07, 6.45) is 7.57. The van der Waals surface area contributed by atoms with Crippen LogP contribution in [0.3, 0.4) is 0 Å². The molecule has 0 bridgehead atoms. The molecule has 27 heavy (non-hydrogen) atoms. The molecule has 1 aromatic carbocycles. The van der Waals surface area contributed by atoms with Gasteiger partial charge in [-0.05, 0) is 50.0 Å². The third-order valence-electron chi connectivity index (χ3n) is 4.05. The molecule has 142 valence electrons. The van der Waals surface area contributed by atoms with E-state index in [4.69, 9.17) is 27.4 Å². The van der Waals surface area contributed by atoms with Crippen LogP contribution in [-0.2, 0) is 11.2 Å². The summed E-state index contributed by atoms with van der Waals surface area (Å²) >= 11 is 5.75. The number of aromatic nitrogens is 2. The van der Waals surface area contributed by atoms with E-state index in [-0.39, 0.29) is 6.42 Å². The molecule has 0 atom stereocenters. The summed E-state index contributed by atoms with van der Waals surface area (Å²) in [4.78, 5) is 31.6. The molecule has 0 aliphatic rings. The van der Waals surface area contributed by atoms with Crippen LogP contribution in [0.5, 0.6) is 0 Å². The third-order valence-corrected chi connectivity index (χ3v) is 4.22. The Hall–Kier alpha value is -2.73. The number of alkyl halides is 1. The number of rotatable bonds is 9. The van der Waals surface area contributed by atoms with Crippen LogP contribution in [0.1, 0.15) is 47.9 Å². The number of unbranched alkanes of at least 4 members (excludes halogenated alkanes) is 1. The number of nitrogens with two attached hydrogens (primary N) is 1. The second-order valence-corrected chi connectivity index (χ2v) is 6.30. The van der Waals surface area contributed by atoms with Crippen LogP contribution in [-0.4, -0.2) is 32.8 Å². The van der Waals surface area contributed by atoms with Crippen LogP contribution >= 0.6 is 11.6 Å². The summed E-state index contributed by atoms with van der Waals surface area (Å²) in [6, 6.07) is 4.97. The van der Waals surface area contributed by atoms with E-state index in [0.717, 1.165) is 17.0 Å². The van der Waals surface area contributed by atoms with E-state index in [2.05, 4.69) is 4.98 Å². The average Bonchev–Trinajstić information content (AvgIpc) is 2.65. The fraction of sp³-hybridized carbons (Fsp3) is 0.300. The minimum absolute atomic E-state index is 0.116. The van der Waals surface area contributed by atoms with Gasteiger partial charge in [0.1, 0.15) is 0 Å². The predicted molar refractivity (Wildman–Crippen MR) is 107 cm³/mol. The quantitative estimate of drug-likeness (QED) is 0.387. The van der Waals surface area contributed by atoms with E-state index in [0.29, 0.717) is 41.7 Å². The zero-order valence-electron chi connectivity index (χ0n) is 15.1. The number of hydrogen-bond donors (Lipinski definition) is 2. The zero-order valence-corrected chi connectivity index (χ0v) is 15.9. The van der Waals surface area contributed by atoms with Gasteiger partial charge >= 0.3 is 5.97 Å². The number of carbonyl (C=O) groups excluding carboxylic acids is 1. The van der Waals surface area contributed by atoms with Crippen molar-refractivity contribution in [2.75, 3.05) is 5.88 Å². The molecule has 1 amide bonds. The number of amides is 1. The van der Waals surface area contributed by atoms with Crippen LogP contribution in [0.25, 0.3) is 16.6 Å². The molecule has 2 rings (SSSR count). The fourth-order valence-corrected chi connectivity index (χ4v) is 2.79. The SMILES string of the molecule is C/C=C(\C=C/CCl)c1nc2ccc(C(N)=O)cc2nc1CCCCC(=O)O. The number of fused-ring (bicyclic) bond motifs is 1. The number of aryl methyl sites for hydroxylation is 1. The van der Waals surface area contributed by atoms with Crippen molar-refractivity contribution in [2.45, 2.75) is 32.6 Å². The zero-order chi connectivity index (χ0) is 19.8. The average molecular weight is 388 g/mol. The number of aliphatic carboxylic acids is 1. The smallest absolute Gasteiger partial charge is 0.303 e.